The van der Waals surface area contributed by atoms with E-state index < -0.39 is 10.0 Å². The zero-order valence-electron chi connectivity index (χ0n) is 8.70. The molecule has 0 radical (unpaired) electrons. The van der Waals surface area contributed by atoms with E-state index >= 15 is 0 Å². The Morgan fingerprint density at radius 2 is 2.14 bits per heavy atom. The van der Waals surface area contributed by atoms with Crippen LogP contribution in [0.25, 0.3) is 0 Å². The second kappa shape index (κ2) is 5.09. The standard InChI is InChI=1S/C9H20N2O2S/c1-8-2-3-9(6-8)7-11-4-5-14(10,12)13/h8-9,11H,2-7H2,1H3,(H2,10,12,13). The minimum absolute atomic E-state index is 0.0370. The summed E-state index contributed by atoms with van der Waals surface area (Å²) in [5.41, 5.74) is 0. The van der Waals surface area contributed by atoms with E-state index in [1.165, 1.54) is 19.3 Å². The van der Waals surface area contributed by atoms with Crippen LogP contribution in [0.15, 0.2) is 0 Å². The van der Waals surface area contributed by atoms with Crippen LogP contribution in [0.4, 0.5) is 0 Å². The van der Waals surface area contributed by atoms with Crippen LogP contribution in [-0.4, -0.2) is 27.3 Å². The van der Waals surface area contributed by atoms with Crippen LogP contribution in [0.5, 0.6) is 0 Å². The highest BCUT2D eigenvalue weighted by Gasteiger charge is 2.20. The summed E-state index contributed by atoms with van der Waals surface area (Å²) in [5, 5.41) is 8.03. The Kier molecular flexibility index (Phi) is 4.34. The van der Waals surface area contributed by atoms with Gasteiger partial charge in [-0.2, -0.15) is 0 Å². The predicted octanol–water partition coefficient (Wildman–Crippen LogP) is 0.301. The van der Waals surface area contributed by atoms with E-state index in [2.05, 4.69) is 12.2 Å². The fourth-order valence-electron chi connectivity index (χ4n) is 2.03. The SMILES string of the molecule is CC1CCC(CNCCS(N)(=O)=O)C1. The monoisotopic (exact) mass is 220 g/mol. The first-order valence-corrected chi connectivity index (χ1v) is 6.90. The van der Waals surface area contributed by atoms with E-state index in [4.69, 9.17) is 5.14 Å². The molecule has 5 heteroatoms. The van der Waals surface area contributed by atoms with Gasteiger partial charge in [0.05, 0.1) is 5.75 Å². The molecule has 0 amide bonds. The van der Waals surface area contributed by atoms with E-state index in [1.807, 2.05) is 0 Å². The molecule has 0 aromatic rings. The normalized spacial score (nSPS) is 28.1. The van der Waals surface area contributed by atoms with Crippen molar-refractivity contribution in [2.45, 2.75) is 26.2 Å². The summed E-state index contributed by atoms with van der Waals surface area (Å²) in [6, 6.07) is 0. The van der Waals surface area contributed by atoms with Gasteiger partial charge in [-0.3, -0.25) is 0 Å². The van der Waals surface area contributed by atoms with E-state index in [-0.39, 0.29) is 5.75 Å². The number of nitrogens with two attached hydrogens (primary N) is 1. The molecule has 3 N–H and O–H groups in total. The Labute approximate surface area is 86.3 Å². The van der Waals surface area contributed by atoms with Crippen molar-refractivity contribution in [2.24, 2.45) is 17.0 Å². The van der Waals surface area contributed by atoms with Crippen molar-refractivity contribution in [3.8, 4) is 0 Å². The minimum atomic E-state index is -3.29. The van der Waals surface area contributed by atoms with Gasteiger partial charge in [0.25, 0.3) is 0 Å². The lowest BCUT2D eigenvalue weighted by molar-refractivity contribution is 0.477. The van der Waals surface area contributed by atoms with Gasteiger partial charge in [0.2, 0.25) is 10.0 Å². The molecule has 1 fully saturated rings. The maximum Gasteiger partial charge on any atom is 0.210 e. The Hall–Kier alpha value is -0.130. The highest BCUT2D eigenvalue weighted by molar-refractivity contribution is 7.89. The van der Waals surface area contributed by atoms with E-state index in [9.17, 15) is 8.42 Å². The van der Waals surface area contributed by atoms with E-state index in [0.29, 0.717) is 6.54 Å². The van der Waals surface area contributed by atoms with Gasteiger partial charge >= 0.3 is 0 Å². The molecule has 2 unspecified atom stereocenters. The number of hydrogen-bond donors (Lipinski definition) is 2. The molecule has 2 atom stereocenters. The lowest BCUT2D eigenvalue weighted by Gasteiger charge is -2.10. The molecule has 14 heavy (non-hydrogen) atoms. The van der Waals surface area contributed by atoms with Crippen molar-refractivity contribution in [3.05, 3.63) is 0 Å². The topological polar surface area (TPSA) is 72.2 Å². The zero-order chi connectivity index (χ0) is 10.6. The Morgan fingerprint density at radius 3 is 2.64 bits per heavy atom. The molecule has 1 aliphatic rings. The maximum atomic E-state index is 10.6. The summed E-state index contributed by atoms with van der Waals surface area (Å²) in [5.74, 6) is 1.60. The largest absolute Gasteiger partial charge is 0.315 e. The second-order valence-corrected chi connectivity index (χ2v) is 6.09. The Bertz CT molecular complexity index is 264. The molecule has 0 spiro atoms. The van der Waals surface area contributed by atoms with Crippen molar-refractivity contribution in [2.75, 3.05) is 18.8 Å². The van der Waals surface area contributed by atoms with Crippen LogP contribution >= 0.6 is 0 Å². The number of hydrogen-bond acceptors (Lipinski definition) is 3. The van der Waals surface area contributed by atoms with Gasteiger partial charge in [0.15, 0.2) is 0 Å². The van der Waals surface area contributed by atoms with E-state index in [1.54, 1.807) is 0 Å². The Balaban J connectivity index is 2.05. The van der Waals surface area contributed by atoms with Crippen LogP contribution in [0.3, 0.4) is 0 Å². The summed E-state index contributed by atoms with van der Waals surface area (Å²) in [6.07, 6.45) is 3.84. The van der Waals surface area contributed by atoms with E-state index in [0.717, 1.165) is 18.4 Å². The molecule has 0 aromatic carbocycles. The fraction of sp³-hybridized carbons (Fsp3) is 1.00. The smallest absolute Gasteiger partial charge is 0.210 e. The van der Waals surface area contributed by atoms with Crippen molar-refractivity contribution < 1.29 is 8.42 Å². The molecule has 0 aliphatic heterocycles. The van der Waals surface area contributed by atoms with Crippen LogP contribution in [0.1, 0.15) is 26.2 Å². The molecule has 1 rings (SSSR count). The maximum absolute atomic E-state index is 10.6. The summed E-state index contributed by atoms with van der Waals surface area (Å²) >= 11 is 0. The molecule has 4 nitrogen and oxygen atoms in total. The van der Waals surface area contributed by atoms with Gasteiger partial charge in [-0.05, 0) is 31.2 Å². The summed E-state index contributed by atoms with van der Waals surface area (Å²) < 4.78 is 21.2. The molecule has 0 aromatic heterocycles. The van der Waals surface area contributed by atoms with Gasteiger partial charge in [0.1, 0.15) is 0 Å². The highest BCUT2D eigenvalue weighted by Crippen LogP contribution is 2.29. The molecule has 0 bridgehead atoms. The van der Waals surface area contributed by atoms with Crippen LogP contribution in [0.2, 0.25) is 0 Å². The molecule has 1 saturated carbocycles. The van der Waals surface area contributed by atoms with Crippen LogP contribution in [-0.2, 0) is 10.0 Å². The lowest BCUT2D eigenvalue weighted by Crippen LogP contribution is -2.30. The molecule has 84 valence electrons. The second-order valence-electron chi connectivity index (χ2n) is 4.36. The molecular weight excluding hydrogens is 200 g/mol. The average Bonchev–Trinajstić information content (AvgIpc) is 2.44. The zero-order valence-corrected chi connectivity index (χ0v) is 9.52. The van der Waals surface area contributed by atoms with Crippen molar-refractivity contribution in [3.63, 3.8) is 0 Å². The summed E-state index contributed by atoms with van der Waals surface area (Å²) in [7, 11) is -3.29. The number of primary sulfonamides is 1. The van der Waals surface area contributed by atoms with Crippen molar-refractivity contribution in [1.29, 1.82) is 0 Å². The van der Waals surface area contributed by atoms with Gasteiger partial charge < -0.3 is 5.32 Å². The molecule has 0 heterocycles. The van der Waals surface area contributed by atoms with Crippen molar-refractivity contribution in [1.82, 2.24) is 5.32 Å². The quantitative estimate of drug-likeness (QED) is 0.655. The summed E-state index contributed by atoms with van der Waals surface area (Å²) in [4.78, 5) is 0. The Morgan fingerprint density at radius 1 is 1.43 bits per heavy atom. The summed E-state index contributed by atoms with van der Waals surface area (Å²) in [6.45, 7) is 3.67. The lowest BCUT2D eigenvalue weighted by atomic mass is 10.1. The van der Waals surface area contributed by atoms with Gasteiger partial charge in [-0.15, -0.1) is 0 Å². The molecular formula is C9H20N2O2S. The number of rotatable bonds is 5. The molecule has 1 aliphatic carbocycles. The van der Waals surface area contributed by atoms with Gasteiger partial charge in [0, 0.05) is 6.54 Å². The number of nitrogens with one attached hydrogen (secondary N) is 1. The molecule has 0 saturated heterocycles. The average molecular weight is 220 g/mol. The first kappa shape index (κ1) is 11.9. The number of sulfonamides is 1. The first-order chi connectivity index (χ1) is 6.47. The predicted molar refractivity (Wildman–Crippen MR) is 57.3 cm³/mol. The van der Waals surface area contributed by atoms with Crippen LogP contribution in [0, 0.1) is 11.8 Å². The first-order valence-electron chi connectivity index (χ1n) is 5.18. The van der Waals surface area contributed by atoms with Gasteiger partial charge in [-0.1, -0.05) is 13.3 Å². The third-order valence-corrected chi connectivity index (χ3v) is 3.57. The highest BCUT2D eigenvalue weighted by atomic mass is 32.2. The fourth-order valence-corrected chi connectivity index (χ4v) is 2.46. The van der Waals surface area contributed by atoms with Crippen molar-refractivity contribution >= 4 is 10.0 Å². The van der Waals surface area contributed by atoms with Gasteiger partial charge in [-0.25, -0.2) is 13.6 Å². The van der Waals surface area contributed by atoms with Crippen LogP contribution < -0.4 is 10.5 Å². The third kappa shape index (κ3) is 4.93. The third-order valence-electron chi connectivity index (χ3n) is 2.80. The minimum Gasteiger partial charge on any atom is -0.315 e.